The van der Waals surface area contributed by atoms with Crippen molar-refractivity contribution in [1.29, 1.82) is 0 Å². The van der Waals surface area contributed by atoms with Crippen LogP contribution >= 0.6 is 0 Å². The summed E-state index contributed by atoms with van der Waals surface area (Å²) < 4.78 is 10.4. The third kappa shape index (κ3) is 2.62. The highest BCUT2D eigenvalue weighted by atomic mass is 16.6. The highest BCUT2D eigenvalue weighted by Gasteiger charge is 2.22. The van der Waals surface area contributed by atoms with Gasteiger partial charge in [0.05, 0.1) is 6.54 Å². The quantitative estimate of drug-likeness (QED) is 0.816. The summed E-state index contributed by atoms with van der Waals surface area (Å²) in [6.45, 7) is 2.93. The van der Waals surface area contributed by atoms with Gasteiger partial charge in [-0.25, -0.2) is 4.79 Å². The number of cyclic esters (lactones) is 1. The SMILES string of the molecule is Cc1ccc(OC[C@@H]2CNC(=O)O2)cc1. The minimum Gasteiger partial charge on any atom is -0.490 e. The molecule has 0 radical (unpaired) electrons. The first-order chi connectivity index (χ1) is 7.24. The first-order valence-electron chi connectivity index (χ1n) is 4.88. The van der Waals surface area contributed by atoms with Crippen molar-refractivity contribution in [2.45, 2.75) is 13.0 Å². The first kappa shape index (κ1) is 9.83. The fourth-order valence-corrected chi connectivity index (χ4v) is 1.35. The fraction of sp³-hybridized carbons (Fsp3) is 0.364. The number of carbonyl (C=O) groups is 1. The summed E-state index contributed by atoms with van der Waals surface area (Å²) in [6, 6.07) is 7.77. The van der Waals surface area contributed by atoms with E-state index in [0.29, 0.717) is 13.2 Å². The molecule has 0 aliphatic carbocycles. The maximum absolute atomic E-state index is 10.7. The summed E-state index contributed by atoms with van der Waals surface area (Å²) >= 11 is 0. The van der Waals surface area contributed by atoms with Gasteiger partial charge in [0.25, 0.3) is 0 Å². The Morgan fingerprint density at radius 2 is 2.20 bits per heavy atom. The molecular weight excluding hydrogens is 194 g/mol. The fourth-order valence-electron chi connectivity index (χ4n) is 1.35. The zero-order valence-electron chi connectivity index (χ0n) is 8.53. The molecule has 0 bridgehead atoms. The molecule has 1 atom stereocenters. The summed E-state index contributed by atoms with van der Waals surface area (Å²) in [5.74, 6) is 0.795. The van der Waals surface area contributed by atoms with E-state index in [4.69, 9.17) is 9.47 Å². The van der Waals surface area contributed by atoms with Crippen molar-refractivity contribution >= 4 is 6.09 Å². The molecule has 0 spiro atoms. The van der Waals surface area contributed by atoms with Gasteiger partial charge >= 0.3 is 6.09 Å². The van der Waals surface area contributed by atoms with Gasteiger partial charge in [0, 0.05) is 0 Å². The second kappa shape index (κ2) is 4.21. The van der Waals surface area contributed by atoms with E-state index in [2.05, 4.69) is 5.32 Å². The lowest BCUT2D eigenvalue weighted by molar-refractivity contribution is 0.105. The third-order valence-electron chi connectivity index (χ3n) is 2.20. The summed E-state index contributed by atoms with van der Waals surface area (Å²) in [5.41, 5.74) is 1.19. The van der Waals surface area contributed by atoms with Crippen LogP contribution in [0.3, 0.4) is 0 Å². The van der Waals surface area contributed by atoms with E-state index in [9.17, 15) is 4.79 Å². The van der Waals surface area contributed by atoms with Crippen LogP contribution in [0.2, 0.25) is 0 Å². The van der Waals surface area contributed by atoms with Crippen LogP contribution in [0.25, 0.3) is 0 Å². The maximum Gasteiger partial charge on any atom is 0.407 e. The zero-order chi connectivity index (χ0) is 10.7. The number of alkyl carbamates (subject to hydrolysis) is 1. The van der Waals surface area contributed by atoms with Crippen LogP contribution in [0, 0.1) is 6.92 Å². The third-order valence-corrected chi connectivity index (χ3v) is 2.20. The van der Waals surface area contributed by atoms with Gasteiger partial charge in [-0.3, -0.25) is 0 Å². The lowest BCUT2D eigenvalue weighted by atomic mass is 10.2. The predicted octanol–water partition coefficient (Wildman–Crippen LogP) is 1.48. The van der Waals surface area contributed by atoms with E-state index in [1.165, 1.54) is 5.56 Å². The largest absolute Gasteiger partial charge is 0.490 e. The Bertz CT molecular complexity index is 347. The molecule has 1 aromatic carbocycles. The molecule has 2 rings (SSSR count). The van der Waals surface area contributed by atoms with Crippen LogP contribution in [-0.4, -0.2) is 25.3 Å². The number of benzene rings is 1. The highest BCUT2D eigenvalue weighted by molar-refractivity contribution is 5.69. The second-order valence-corrected chi connectivity index (χ2v) is 3.53. The maximum atomic E-state index is 10.7. The molecule has 0 saturated carbocycles. The highest BCUT2D eigenvalue weighted by Crippen LogP contribution is 2.12. The average Bonchev–Trinajstić information content (AvgIpc) is 2.64. The molecule has 1 saturated heterocycles. The molecule has 0 unspecified atom stereocenters. The van der Waals surface area contributed by atoms with Gasteiger partial charge in [-0.2, -0.15) is 0 Å². The van der Waals surface area contributed by atoms with Crippen molar-refractivity contribution in [1.82, 2.24) is 5.32 Å². The van der Waals surface area contributed by atoms with Crippen LogP contribution in [0.4, 0.5) is 4.79 Å². The lowest BCUT2D eigenvalue weighted by Crippen LogP contribution is -2.21. The van der Waals surface area contributed by atoms with Crippen LogP contribution in [-0.2, 0) is 4.74 Å². The first-order valence-corrected chi connectivity index (χ1v) is 4.88. The molecule has 1 amide bonds. The molecule has 1 N–H and O–H groups in total. The molecule has 1 aromatic rings. The predicted molar refractivity (Wildman–Crippen MR) is 54.9 cm³/mol. The smallest absolute Gasteiger partial charge is 0.407 e. The van der Waals surface area contributed by atoms with Crippen LogP contribution < -0.4 is 10.1 Å². The molecule has 4 heteroatoms. The van der Waals surface area contributed by atoms with Crippen LogP contribution in [0.5, 0.6) is 5.75 Å². The Balaban J connectivity index is 1.83. The summed E-state index contributed by atoms with van der Waals surface area (Å²) in [4.78, 5) is 10.7. The summed E-state index contributed by atoms with van der Waals surface area (Å²) in [5, 5.41) is 2.57. The van der Waals surface area contributed by atoms with E-state index in [1.807, 2.05) is 31.2 Å². The Hall–Kier alpha value is -1.71. The van der Waals surface area contributed by atoms with E-state index in [-0.39, 0.29) is 12.2 Å². The molecule has 80 valence electrons. The number of hydrogen-bond acceptors (Lipinski definition) is 3. The van der Waals surface area contributed by atoms with Crippen molar-refractivity contribution in [3.05, 3.63) is 29.8 Å². The minimum absolute atomic E-state index is 0.182. The van der Waals surface area contributed by atoms with Gasteiger partial charge in [0.1, 0.15) is 12.4 Å². The Kier molecular flexibility index (Phi) is 2.76. The van der Waals surface area contributed by atoms with Gasteiger partial charge in [0.2, 0.25) is 0 Å². The Labute approximate surface area is 88.2 Å². The number of aryl methyl sites for hydroxylation is 1. The number of ether oxygens (including phenoxy) is 2. The topological polar surface area (TPSA) is 47.6 Å². The zero-order valence-corrected chi connectivity index (χ0v) is 8.53. The van der Waals surface area contributed by atoms with Crippen molar-refractivity contribution in [2.75, 3.05) is 13.2 Å². The van der Waals surface area contributed by atoms with Crippen molar-refractivity contribution in [3.63, 3.8) is 0 Å². The van der Waals surface area contributed by atoms with Gasteiger partial charge in [0.15, 0.2) is 6.10 Å². The van der Waals surface area contributed by atoms with E-state index >= 15 is 0 Å². The van der Waals surface area contributed by atoms with Crippen LogP contribution in [0.1, 0.15) is 5.56 Å². The van der Waals surface area contributed by atoms with Crippen molar-refractivity contribution in [2.24, 2.45) is 0 Å². The Morgan fingerprint density at radius 3 is 2.80 bits per heavy atom. The number of amides is 1. The van der Waals surface area contributed by atoms with Gasteiger partial charge in [-0.1, -0.05) is 17.7 Å². The molecule has 15 heavy (non-hydrogen) atoms. The van der Waals surface area contributed by atoms with E-state index in [1.54, 1.807) is 0 Å². The normalized spacial score (nSPS) is 19.5. The van der Waals surface area contributed by atoms with Gasteiger partial charge in [-0.05, 0) is 19.1 Å². The minimum atomic E-state index is -0.368. The number of nitrogens with one attached hydrogen (secondary N) is 1. The second-order valence-electron chi connectivity index (χ2n) is 3.53. The molecule has 4 nitrogen and oxygen atoms in total. The number of rotatable bonds is 3. The summed E-state index contributed by atoms with van der Waals surface area (Å²) in [7, 11) is 0. The molecule has 0 aromatic heterocycles. The standard InChI is InChI=1S/C11H13NO3/c1-8-2-4-9(5-3-8)14-7-10-6-12-11(13)15-10/h2-5,10H,6-7H2,1H3,(H,12,13)/t10-/m0/s1. The van der Waals surface area contributed by atoms with E-state index < -0.39 is 0 Å². The van der Waals surface area contributed by atoms with Crippen LogP contribution in [0.15, 0.2) is 24.3 Å². The monoisotopic (exact) mass is 207 g/mol. The lowest BCUT2D eigenvalue weighted by Gasteiger charge is -2.09. The van der Waals surface area contributed by atoms with Gasteiger partial charge in [-0.15, -0.1) is 0 Å². The van der Waals surface area contributed by atoms with E-state index in [0.717, 1.165) is 5.75 Å². The summed E-state index contributed by atoms with van der Waals surface area (Å²) in [6.07, 6.45) is -0.550. The number of carbonyl (C=O) groups excluding carboxylic acids is 1. The average molecular weight is 207 g/mol. The number of hydrogen-bond donors (Lipinski definition) is 1. The molecular formula is C11H13NO3. The van der Waals surface area contributed by atoms with Gasteiger partial charge < -0.3 is 14.8 Å². The molecule has 1 fully saturated rings. The van der Waals surface area contributed by atoms with Crippen molar-refractivity contribution < 1.29 is 14.3 Å². The molecule has 1 aliphatic heterocycles. The Morgan fingerprint density at radius 1 is 1.47 bits per heavy atom. The van der Waals surface area contributed by atoms with Crippen molar-refractivity contribution in [3.8, 4) is 5.75 Å². The molecule has 1 heterocycles. The molecule has 1 aliphatic rings.